The lowest BCUT2D eigenvalue weighted by Gasteiger charge is -2.06. The summed E-state index contributed by atoms with van der Waals surface area (Å²) in [7, 11) is -2.79. The summed E-state index contributed by atoms with van der Waals surface area (Å²) < 4.78 is 22.3. The van der Waals surface area contributed by atoms with E-state index in [2.05, 4.69) is 19.2 Å². The normalized spacial score (nSPS) is 12.3. The van der Waals surface area contributed by atoms with E-state index in [0.717, 1.165) is 18.9 Å². The fraction of sp³-hybridized carbons (Fsp3) is 1.00. The van der Waals surface area contributed by atoms with Crippen molar-refractivity contribution in [2.75, 3.05) is 24.6 Å². The lowest BCUT2D eigenvalue weighted by molar-refractivity contribution is 0.523. The second kappa shape index (κ2) is 8.11. The zero-order valence-corrected chi connectivity index (χ0v) is 11.1. The predicted molar refractivity (Wildman–Crippen MR) is 65.9 cm³/mol. The summed E-state index contributed by atoms with van der Waals surface area (Å²) in [6.45, 7) is 7.67. The molecule has 0 atom stereocenters. The molecule has 0 heterocycles. The lowest BCUT2D eigenvalue weighted by atomic mass is 10.1. The van der Waals surface area contributed by atoms with Gasteiger partial charge in [0.15, 0.2) is 9.84 Å². The van der Waals surface area contributed by atoms with Crippen LogP contribution < -0.4 is 5.32 Å². The second-order valence-corrected chi connectivity index (χ2v) is 6.85. The van der Waals surface area contributed by atoms with Crippen molar-refractivity contribution >= 4 is 9.84 Å². The molecule has 0 rings (SSSR count). The average Bonchev–Trinajstić information content (AvgIpc) is 2.16. The quantitative estimate of drug-likeness (QED) is 0.620. The molecule has 0 aliphatic carbocycles. The highest BCUT2D eigenvalue weighted by atomic mass is 32.2. The maximum Gasteiger partial charge on any atom is 0.151 e. The van der Waals surface area contributed by atoms with Crippen LogP contribution in [0.25, 0.3) is 0 Å². The molecular weight excluding hydrogens is 210 g/mol. The first-order chi connectivity index (χ1) is 6.98. The van der Waals surface area contributed by atoms with Gasteiger partial charge < -0.3 is 5.32 Å². The highest BCUT2D eigenvalue weighted by Crippen LogP contribution is 2.04. The molecule has 15 heavy (non-hydrogen) atoms. The van der Waals surface area contributed by atoms with Crippen LogP contribution in [0, 0.1) is 5.92 Å². The fourth-order valence-electron chi connectivity index (χ4n) is 1.30. The van der Waals surface area contributed by atoms with Crippen LogP contribution in [0.4, 0.5) is 0 Å². The van der Waals surface area contributed by atoms with Crippen molar-refractivity contribution in [3.8, 4) is 0 Å². The first-order valence-electron chi connectivity index (χ1n) is 5.89. The van der Waals surface area contributed by atoms with E-state index < -0.39 is 9.84 Å². The Morgan fingerprint density at radius 3 is 2.33 bits per heavy atom. The Morgan fingerprint density at radius 1 is 1.13 bits per heavy atom. The fourth-order valence-corrected chi connectivity index (χ4v) is 2.04. The Morgan fingerprint density at radius 2 is 1.80 bits per heavy atom. The van der Waals surface area contributed by atoms with Gasteiger partial charge in [0.25, 0.3) is 0 Å². The van der Waals surface area contributed by atoms with Gasteiger partial charge in [0.05, 0.1) is 5.75 Å². The Balaban J connectivity index is 3.26. The SMILES string of the molecule is CCS(=O)(=O)CCNCCCCC(C)C. The van der Waals surface area contributed by atoms with Gasteiger partial charge >= 0.3 is 0 Å². The van der Waals surface area contributed by atoms with E-state index in [1.165, 1.54) is 12.8 Å². The first kappa shape index (κ1) is 14.9. The van der Waals surface area contributed by atoms with Gasteiger partial charge in [-0.25, -0.2) is 8.42 Å². The molecule has 0 bridgehead atoms. The minimum absolute atomic E-state index is 0.252. The van der Waals surface area contributed by atoms with Crippen LogP contribution in [0.5, 0.6) is 0 Å². The summed E-state index contributed by atoms with van der Waals surface area (Å²) in [4.78, 5) is 0. The van der Waals surface area contributed by atoms with E-state index >= 15 is 0 Å². The van der Waals surface area contributed by atoms with Crippen LogP contribution in [-0.4, -0.2) is 33.0 Å². The van der Waals surface area contributed by atoms with Gasteiger partial charge in [-0.2, -0.15) is 0 Å². The maximum atomic E-state index is 11.1. The largest absolute Gasteiger partial charge is 0.316 e. The third-order valence-corrected chi connectivity index (χ3v) is 4.12. The summed E-state index contributed by atoms with van der Waals surface area (Å²) >= 11 is 0. The van der Waals surface area contributed by atoms with Crippen molar-refractivity contribution in [2.24, 2.45) is 5.92 Å². The standard InChI is InChI=1S/C11H25NO2S/c1-4-15(13,14)10-9-12-8-6-5-7-11(2)3/h11-12H,4-10H2,1-3H3. The molecule has 0 aromatic rings. The average molecular weight is 235 g/mol. The maximum absolute atomic E-state index is 11.1. The number of unbranched alkanes of at least 4 members (excludes halogenated alkanes) is 1. The van der Waals surface area contributed by atoms with Crippen LogP contribution >= 0.6 is 0 Å². The number of hydrogen-bond acceptors (Lipinski definition) is 3. The molecule has 0 spiro atoms. The number of hydrogen-bond donors (Lipinski definition) is 1. The number of sulfone groups is 1. The van der Waals surface area contributed by atoms with E-state index in [-0.39, 0.29) is 11.5 Å². The van der Waals surface area contributed by atoms with Crippen molar-refractivity contribution in [2.45, 2.75) is 40.0 Å². The molecule has 0 aliphatic heterocycles. The van der Waals surface area contributed by atoms with Gasteiger partial charge in [-0.1, -0.05) is 33.6 Å². The Hall–Kier alpha value is -0.0900. The van der Waals surface area contributed by atoms with Crippen LogP contribution in [0.2, 0.25) is 0 Å². The Labute approximate surface area is 94.6 Å². The van der Waals surface area contributed by atoms with Gasteiger partial charge in [0, 0.05) is 12.3 Å². The molecule has 3 nitrogen and oxygen atoms in total. The molecule has 0 amide bonds. The van der Waals surface area contributed by atoms with Gasteiger partial charge in [0.1, 0.15) is 0 Å². The molecule has 0 aliphatic rings. The molecule has 0 aromatic carbocycles. The van der Waals surface area contributed by atoms with Crippen LogP contribution in [-0.2, 0) is 9.84 Å². The highest BCUT2D eigenvalue weighted by molar-refractivity contribution is 7.91. The van der Waals surface area contributed by atoms with Gasteiger partial charge in [-0.3, -0.25) is 0 Å². The summed E-state index contributed by atoms with van der Waals surface area (Å²) in [5.74, 6) is 1.29. The minimum Gasteiger partial charge on any atom is -0.316 e. The van der Waals surface area contributed by atoms with Crippen molar-refractivity contribution in [1.29, 1.82) is 0 Å². The minimum atomic E-state index is -2.79. The molecule has 4 heteroatoms. The molecule has 1 N–H and O–H groups in total. The molecule has 0 saturated heterocycles. The van der Waals surface area contributed by atoms with Crippen LogP contribution in [0.3, 0.4) is 0 Å². The molecule has 0 radical (unpaired) electrons. The van der Waals surface area contributed by atoms with Crippen molar-refractivity contribution in [3.63, 3.8) is 0 Å². The first-order valence-corrected chi connectivity index (χ1v) is 7.71. The van der Waals surface area contributed by atoms with Gasteiger partial charge in [-0.15, -0.1) is 0 Å². The zero-order valence-electron chi connectivity index (χ0n) is 10.3. The Bertz CT molecular complexity index is 235. The summed E-state index contributed by atoms with van der Waals surface area (Å²) in [6.07, 6.45) is 3.63. The summed E-state index contributed by atoms with van der Waals surface area (Å²) in [6, 6.07) is 0. The molecule has 0 unspecified atom stereocenters. The van der Waals surface area contributed by atoms with Crippen LogP contribution in [0.1, 0.15) is 40.0 Å². The van der Waals surface area contributed by atoms with E-state index in [0.29, 0.717) is 6.54 Å². The van der Waals surface area contributed by atoms with Crippen molar-refractivity contribution in [3.05, 3.63) is 0 Å². The molecular formula is C11H25NO2S. The Kier molecular flexibility index (Phi) is 8.06. The van der Waals surface area contributed by atoms with E-state index in [4.69, 9.17) is 0 Å². The molecule has 92 valence electrons. The van der Waals surface area contributed by atoms with E-state index in [9.17, 15) is 8.42 Å². The van der Waals surface area contributed by atoms with E-state index in [1.54, 1.807) is 6.92 Å². The molecule has 0 saturated carbocycles. The lowest BCUT2D eigenvalue weighted by Crippen LogP contribution is -2.24. The van der Waals surface area contributed by atoms with Gasteiger partial charge in [-0.05, 0) is 18.9 Å². The monoisotopic (exact) mass is 235 g/mol. The second-order valence-electron chi connectivity index (χ2n) is 4.38. The molecule has 0 aromatic heterocycles. The number of nitrogens with one attached hydrogen (secondary N) is 1. The zero-order chi connectivity index (χ0) is 11.7. The summed E-state index contributed by atoms with van der Waals surface area (Å²) in [5, 5.41) is 3.17. The molecule has 0 fully saturated rings. The third-order valence-electron chi connectivity index (χ3n) is 2.41. The summed E-state index contributed by atoms with van der Waals surface area (Å²) in [5.41, 5.74) is 0. The van der Waals surface area contributed by atoms with Gasteiger partial charge in [0.2, 0.25) is 0 Å². The van der Waals surface area contributed by atoms with E-state index in [1.807, 2.05) is 0 Å². The van der Waals surface area contributed by atoms with Crippen molar-refractivity contribution in [1.82, 2.24) is 5.32 Å². The number of rotatable bonds is 9. The highest BCUT2D eigenvalue weighted by Gasteiger charge is 2.05. The smallest absolute Gasteiger partial charge is 0.151 e. The third kappa shape index (κ3) is 10.2. The van der Waals surface area contributed by atoms with Crippen LogP contribution in [0.15, 0.2) is 0 Å². The van der Waals surface area contributed by atoms with Crippen molar-refractivity contribution < 1.29 is 8.42 Å². The predicted octanol–water partition coefficient (Wildman–Crippen LogP) is 1.84. The topological polar surface area (TPSA) is 46.2 Å².